The van der Waals surface area contributed by atoms with E-state index in [9.17, 15) is 0 Å². The number of hydrogen-bond donors (Lipinski definition) is 2. The first-order valence-electron chi connectivity index (χ1n) is 6.36. The van der Waals surface area contributed by atoms with Crippen molar-refractivity contribution < 1.29 is 0 Å². The van der Waals surface area contributed by atoms with Crippen LogP contribution < -0.4 is 11.3 Å². The molecule has 0 aromatic heterocycles. The largest absolute Gasteiger partial charge is 0.271 e. The van der Waals surface area contributed by atoms with E-state index in [0.717, 1.165) is 0 Å². The third-order valence-electron chi connectivity index (χ3n) is 3.37. The van der Waals surface area contributed by atoms with E-state index in [1.165, 1.54) is 41.7 Å². The number of benzene rings is 1. The molecule has 0 radical (unpaired) electrons. The monoisotopic (exact) mass is 250 g/mol. The molecule has 1 saturated heterocycles. The van der Waals surface area contributed by atoms with Crippen LogP contribution in [0.15, 0.2) is 18.2 Å². The highest BCUT2D eigenvalue weighted by Gasteiger charge is 2.24. The average Bonchev–Trinajstić information content (AvgIpc) is 2.30. The van der Waals surface area contributed by atoms with Gasteiger partial charge in [0.25, 0.3) is 0 Å². The summed E-state index contributed by atoms with van der Waals surface area (Å²) < 4.78 is 0. The van der Waals surface area contributed by atoms with E-state index in [-0.39, 0.29) is 0 Å². The smallest absolute Gasteiger partial charge is 0.0578 e. The van der Waals surface area contributed by atoms with Gasteiger partial charge in [-0.25, -0.2) is 0 Å². The second-order valence-corrected chi connectivity index (χ2v) is 6.32. The van der Waals surface area contributed by atoms with E-state index >= 15 is 0 Å². The van der Waals surface area contributed by atoms with Crippen LogP contribution in [0.25, 0.3) is 0 Å². The lowest BCUT2D eigenvalue weighted by Crippen LogP contribution is -2.36. The van der Waals surface area contributed by atoms with E-state index in [0.29, 0.717) is 11.3 Å². The van der Waals surface area contributed by atoms with Crippen molar-refractivity contribution in [1.82, 2.24) is 5.43 Å². The van der Waals surface area contributed by atoms with Crippen LogP contribution in [0.3, 0.4) is 0 Å². The van der Waals surface area contributed by atoms with Gasteiger partial charge in [-0.2, -0.15) is 11.8 Å². The predicted molar refractivity (Wildman–Crippen MR) is 76.1 cm³/mol. The Morgan fingerprint density at radius 2 is 1.94 bits per heavy atom. The topological polar surface area (TPSA) is 38.0 Å². The van der Waals surface area contributed by atoms with E-state index in [2.05, 4.69) is 49.2 Å². The van der Waals surface area contributed by atoms with Gasteiger partial charge >= 0.3 is 0 Å². The van der Waals surface area contributed by atoms with Crippen LogP contribution in [0.4, 0.5) is 0 Å². The molecule has 0 amide bonds. The Kier molecular flexibility index (Phi) is 4.48. The Morgan fingerprint density at radius 3 is 2.47 bits per heavy atom. The number of aryl methyl sites for hydroxylation is 2. The average molecular weight is 250 g/mol. The Morgan fingerprint density at radius 1 is 1.24 bits per heavy atom. The molecule has 1 fully saturated rings. The fourth-order valence-corrected chi connectivity index (χ4v) is 4.07. The van der Waals surface area contributed by atoms with Crippen molar-refractivity contribution in [2.45, 2.75) is 44.4 Å². The summed E-state index contributed by atoms with van der Waals surface area (Å²) in [5.74, 6) is 7.04. The lowest BCUT2D eigenvalue weighted by atomic mass is 9.97. The molecule has 3 N–H and O–H groups in total. The van der Waals surface area contributed by atoms with Gasteiger partial charge in [0.05, 0.1) is 6.04 Å². The second kappa shape index (κ2) is 5.89. The predicted octanol–water partition coefficient (Wildman–Crippen LogP) is 3.09. The van der Waals surface area contributed by atoms with E-state index in [1.807, 2.05) is 0 Å². The van der Waals surface area contributed by atoms with Crippen molar-refractivity contribution >= 4 is 11.8 Å². The van der Waals surface area contributed by atoms with Crippen molar-refractivity contribution in [2.75, 3.05) is 5.75 Å². The summed E-state index contributed by atoms with van der Waals surface area (Å²) in [6, 6.07) is 7.02. The van der Waals surface area contributed by atoms with E-state index < -0.39 is 0 Å². The summed E-state index contributed by atoms with van der Waals surface area (Å²) in [4.78, 5) is 0. The molecule has 1 aromatic carbocycles. The maximum atomic E-state index is 5.77. The van der Waals surface area contributed by atoms with Crippen LogP contribution in [-0.2, 0) is 0 Å². The minimum Gasteiger partial charge on any atom is -0.271 e. The Labute approximate surface area is 108 Å². The second-order valence-electron chi connectivity index (χ2n) is 4.97. The standard InChI is InChI=1S/C14H22N2S/c1-10-7-11(2)9-12(8-10)14(16-15)13-5-3-4-6-17-13/h7-9,13-14,16H,3-6,15H2,1-2H3. The molecular formula is C14H22N2S. The number of hydrogen-bond acceptors (Lipinski definition) is 3. The molecule has 0 saturated carbocycles. The first-order chi connectivity index (χ1) is 8.20. The summed E-state index contributed by atoms with van der Waals surface area (Å²) in [7, 11) is 0. The number of thioether (sulfide) groups is 1. The van der Waals surface area contributed by atoms with Crippen LogP contribution in [-0.4, -0.2) is 11.0 Å². The van der Waals surface area contributed by atoms with Crippen LogP contribution in [0.5, 0.6) is 0 Å². The van der Waals surface area contributed by atoms with Gasteiger partial charge in [0.2, 0.25) is 0 Å². The highest BCUT2D eigenvalue weighted by Crippen LogP contribution is 2.34. The lowest BCUT2D eigenvalue weighted by molar-refractivity contribution is 0.491. The normalized spacial score (nSPS) is 22.4. The molecule has 1 aromatic rings. The molecule has 1 aliphatic heterocycles. The molecule has 17 heavy (non-hydrogen) atoms. The summed E-state index contributed by atoms with van der Waals surface area (Å²) in [6.07, 6.45) is 3.96. The quantitative estimate of drug-likeness (QED) is 0.639. The number of rotatable bonds is 3. The zero-order valence-electron chi connectivity index (χ0n) is 10.7. The van der Waals surface area contributed by atoms with E-state index in [4.69, 9.17) is 5.84 Å². The van der Waals surface area contributed by atoms with Gasteiger partial charge in [0.15, 0.2) is 0 Å². The molecule has 3 heteroatoms. The number of hydrazine groups is 1. The molecule has 1 aliphatic rings. The SMILES string of the molecule is Cc1cc(C)cc(C(NN)C2CCCCS2)c1. The van der Waals surface area contributed by atoms with Crippen molar-refractivity contribution in [3.8, 4) is 0 Å². The third-order valence-corrected chi connectivity index (χ3v) is 4.83. The number of nitrogens with two attached hydrogens (primary N) is 1. The van der Waals surface area contributed by atoms with Gasteiger partial charge in [-0.15, -0.1) is 0 Å². The minimum atomic E-state index is 0.291. The van der Waals surface area contributed by atoms with Gasteiger partial charge in [0, 0.05) is 5.25 Å². The summed E-state index contributed by atoms with van der Waals surface area (Å²) in [5, 5.41) is 0.620. The third kappa shape index (κ3) is 3.24. The van der Waals surface area contributed by atoms with Crippen LogP contribution >= 0.6 is 11.8 Å². The first-order valence-corrected chi connectivity index (χ1v) is 7.41. The zero-order chi connectivity index (χ0) is 12.3. The highest BCUT2D eigenvalue weighted by atomic mass is 32.2. The minimum absolute atomic E-state index is 0.291. The maximum Gasteiger partial charge on any atom is 0.0578 e. The maximum absolute atomic E-state index is 5.77. The highest BCUT2D eigenvalue weighted by molar-refractivity contribution is 8.00. The molecule has 2 atom stereocenters. The molecule has 94 valence electrons. The molecule has 2 unspecified atom stereocenters. The van der Waals surface area contributed by atoms with Crippen molar-refractivity contribution in [2.24, 2.45) is 5.84 Å². The fraction of sp³-hybridized carbons (Fsp3) is 0.571. The zero-order valence-corrected chi connectivity index (χ0v) is 11.5. The van der Waals surface area contributed by atoms with Crippen LogP contribution in [0.2, 0.25) is 0 Å². The first kappa shape index (κ1) is 12.9. The lowest BCUT2D eigenvalue weighted by Gasteiger charge is -2.30. The Bertz CT molecular complexity index is 352. The van der Waals surface area contributed by atoms with E-state index in [1.54, 1.807) is 0 Å². The molecule has 0 bridgehead atoms. The Balaban J connectivity index is 2.21. The number of nitrogens with one attached hydrogen (secondary N) is 1. The van der Waals surface area contributed by atoms with Gasteiger partial charge in [-0.3, -0.25) is 11.3 Å². The molecule has 0 spiro atoms. The van der Waals surface area contributed by atoms with Crippen molar-refractivity contribution in [3.63, 3.8) is 0 Å². The molecule has 2 nitrogen and oxygen atoms in total. The molecular weight excluding hydrogens is 228 g/mol. The summed E-state index contributed by atoms with van der Waals surface area (Å²) >= 11 is 2.06. The fourth-order valence-electron chi connectivity index (χ4n) is 2.64. The van der Waals surface area contributed by atoms with Gasteiger partial charge in [-0.05, 0) is 38.0 Å². The van der Waals surface area contributed by atoms with Crippen LogP contribution in [0, 0.1) is 13.8 Å². The van der Waals surface area contributed by atoms with Gasteiger partial charge in [-0.1, -0.05) is 35.7 Å². The summed E-state index contributed by atoms with van der Waals surface area (Å²) in [6.45, 7) is 4.30. The van der Waals surface area contributed by atoms with Gasteiger partial charge < -0.3 is 0 Å². The molecule has 2 rings (SSSR count). The Hall–Kier alpha value is -0.510. The van der Waals surface area contributed by atoms with Crippen molar-refractivity contribution in [3.05, 3.63) is 34.9 Å². The molecule has 1 heterocycles. The van der Waals surface area contributed by atoms with Crippen LogP contribution in [0.1, 0.15) is 42.0 Å². The van der Waals surface area contributed by atoms with Crippen molar-refractivity contribution in [1.29, 1.82) is 0 Å². The van der Waals surface area contributed by atoms with Gasteiger partial charge in [0.1, 0.15) is 0 Å². The summed E-state index contributed by atoms with van der Waals surface area (Å²) in [5.41, 5.74) is 7.00. The molecule has 0 aliphatic carbocycles.